The highest BCUT2D eigenvalue weighted by Gasteiger charge is 2.27. The Morgan fingerprint density at radius 2 is 1.95 bits per heavy atom. The highest BCUT2D eigenvalue weighted by Crippen LogP contribution is 2.36. The fraction of sp³-hybridized carbons (Fsp3) is 0.444. The Kier molecular flexibility index (Phi) is 3.56. The van der Waals surface area contributed by atoms with Gasteiger partial charge in [-0.25, -0.2) is 0 Å². The molecular formula is C18H24N2. The molecule has 106 valence electrons. The molecule has 2 heteroatoms. The van der Waals surface area contributed by atoms with Crippen LogP contribution in [-0.2, 0) is 0 Å². The first kappa shape index (κ1) is 13.3. The molecule has 0 bridgehead atoms. The molecule has 0 radical (unpaired) electrons. The largest absolute Gasteiger partial charge is 0.382 e. The van der Waals surface area contributed by atoms with Crippen LogP contribution in [0.1, 0.15) is 39.5 Å². The fourth-order valence-electron chi connectivity index (χ4n) is 3.32. The van der Waals surface area contributed by atoms with E-state index in [0.29, 0.717) is 11.5 Å². The minimum Gasteiger partial charge on any atom is -0.382 e. The van der Waals surface area contributed by atoms with Gasteiger partial charge in [-0.3, -0.25) is 0 Å². The Hall–Kier alpha value is -1.70. The second kappa shape index (κ2) is 5.35. The van der Waals surface area contributed by atoms with E-state index in [9.17, 15) is 0 Å². The van der Waals surface area contributed by atoms with Gasteiger partial charge in [-0.15, -0.1) is 0 Å². The zero-order valence-corrected chi connectivity index (χ0v) is 12.5. The summed E-state index contributed by atoms with van der Waals surface area (Å²) >= 11 is 0. The minimum atomic E-state index is 0.480. The molecule has 2 nitrogen and oxygen atoms in total. The molecule has 1 saturated carbocycles. The van der Waals surface area contributed by atoms with Crippen LogP contribution >= 0.6 is 0 Å². The molecule has 20 heavy (non-hydrogen) atoms. The van der Waals surface area contributed by atoms with Crippen LogP contribution in [0.25, 0.3) is 5.69 Å². The van der Waals surface area contributed by atoms with Crippen LogP contribution in [0.4, 0.5) is 5.69 Å². The molecule has 0 spiro atoms. The van der Waals surface area contributed by atoms with Gasteiger partial charge in [0.25, 0.3) is 0 Å². The Morgan fingerprint density at radius 3 is 2.70 bits per heavy atom. The van der Waals surface area contributed by atoms with Crippen LogP contribution < -0.4 is 5.32 Å². The van der Waals surface area contributed by atoms with Gasteiger partial charge >= 0.3 is 0 Å². The molecular weight excluding hydrogens is 244 g/mol. The van der Waals surface area contributed by atoms with E-state index in [0.717, 1.165) is 0 Å². The first-order chi connectivity index (χ1) is 9.62. The second-order valence-electron chi connectivity index (χ2n) is 6.74. The molecule has 0 aliphatic heterocycles. The Labute approximate surface area is 121 Å². The first-order valence-electron chi connectivity index (χ1n) is 7.62. The number of benzene rings is 1. The van der Waals surface area contributed by atoms with Gasteiger partial charge in [0.2, 0.25) is 0 Å². The molecule has 1 aliphatic rings. The fourth-order valence-corrected chi connectivity index (χ4v) is 3.32. The van der Waals surface area contributed by atoms with Gasteiger partial charge in [0.15, 0.2) is 0 Å². The summed E-state index contributed by atoms with van der Waals surface area (Å²) in [5.41, 5.74) is 2.93. The van der Waals surface area contributed by atoms with E-state index in [1.54, 1.807) is 0 Å². The lowest BCUT2D eigenvalue weighted by atomic mass is 9.75. The normalized spacial score (nSPS) is 21.6. The molecule has 0 saturated heterocycles. The van der Waals surface area contributed by atoms with E-state index in [1.165, 1.54) is 37.1 Å². The maximum atomic E-state index is 3.73. The number of rotatable bonds is 3. The summed E-state index contributed by atoms with van der Waals surface area (Å²) in [6, 6.07) is 13.4. The number of nitrogens with zero attached hydrogens (tertiary/aromatic N) is 1. The molecule has 1 heterocycles. The van der Waals surface area contributed by atoms with E-state index >= 15 is 0 Å². The summed E-state index contributed by atoms with van der Waals surface area (Å²) in [5.74, 6) is 0. The molecule has 3 rings (SSSR count). The van der Waals surface area contributed by atoms with Crippen molar-refractivity contribution >= 4 is 5.69 Å². The van der Waals surface area contributed by atoms with Gasteiger partial charge in [-0.2, -0.15) is 0 Å². The van der Waals surface area contributed by atoms with Crippen LogP contribution in [0.3, 0.4) is 0 Å². The third-order valence-electron chi connectivity index (χ3n) is 4.32. The lowest BCUT2D eigenvalue weighted by Gasteiger charge is -2.36. The van der Waals surface area contributed by atoms with Crippen molar-refractivity contribution in [3.63, 3.8) is 0 Å². The highest BCUT2D eigenvalue weighted by atomic mass is 15.0. The van der Waals surface area contributed by atoms with Crippen molar-refractivity contribution in [2.24, 2.45) is 5.41 Å². The van der Waals surface area contributed by atoms with E-state index in [-0.39, 0.29) is 0 Å². The van der Waals surface area contributed by atoms with Crippen molar-refractivity contribution in [3.05, 3.63) is 48.8 Å². The molecule has 1 unspecified atom stereocenters. The van der Waals surface area contributed by atoms with Crippen molar-refractivity contribution in [2.45, 2.75) is 45.6 Å². The minimum absolute atomic E-state index is 0.480. The van der Waals surface area contributed by atoms with Gasteiger partial charge in [0.05, 0.1) is 0 Å². The van der Waals surface area contributed by atoms with Gasteiger partial charge in [0.1, 0.15) is 0 Å². The quantitative estimate of drug-likeness (QED) is 0.841. The Bertz CT molecular complexity index is 555. The van der Waals surface area contributed by atoms with Gasteiger partial charge in [-0.1, -0.05) is 26.3 Å². The lowest BCUT2D eigenvalue weighted by molar-refractivity contribution is 0.229. The Morgan fingerprint density at radius 1 is 1.15 bits per heavy atom. The van der Waals surface area contributed by atoms with Gasteiger partial charge < -0.3 is 9.88 Å². The summed E-state index contributed by atoms with van der Waals surface area (Å²) in [4.78, 5) is 0. The topological polar surface area (TPSA) is 17.0 Å². The number of hydrogen-bond acceptors (Lipinski definition) is 1. The van der Waals surface area contributed by atoms with E-state index in [2.05, 4.69) is 72.5 Å². The standard InChI is InChI=1S/C18H24N2/c1-18(2)10-6-8-16(14-18)19-15-7-5-9-17(13-15)20-11-3-4-12-20/h3-5,7,9,11-13,16,19H,6,8,10,14H2,1-2H3. The van der Waals surface area contributed by atoms with Crippen molar-refractivity contribution in [1.29, 1.82) is 0 Å². The van der Waals surface area contributed by atoms with Crippen LogP contribution in [0.15, 0.2) is 48.8 Å². The molecule has 1 aliphatic carbocycles. The first-order valence-corrected chi connectivity index (χ1v) is 7.62. The third-order valence-corrected chi connectivity index (χ3v) is 4.32. The summed E-state index contributed by atoms with van der Waals surface area (Å²) in [6.07, 6.45) is 9.42. The van der Waals surface area contributed by atoms with Gasteiger partial charge in [0, 0.05) is 29.8 Å². The average molecular weight is 268 g/mol. The van der Waals surface area contributed by atoms with E-state index in [1.807, 2.05) is 0 Å². The highest BCUT2D eigenvalue weighted by molar-refractivity contribution is 5.52. The predicted octanol–water partition coefficient (Wildman–Crippen LogP) is 4.86. The zero-order valence-electron chi connectivity index (χ0n) is 12.5. The summed E-state index contributed by atoms with van der Waals surface area (Å²) < 4.78 is 2.15. The molecule has 1 aromatic heterocycles. The molecule has 0 amide bonds. The van der Waals surface area contributed by atoms with E-state index in [4.69, 9.17) is 0 Å². The zero-order chi connectivity index (χ0) is 14.0. The number of nitrogens with one attached hydrogen (secondary N) is 1. The van der Waals surface area contributed by atoms with Crippen molar-refractivity contribution in [2.75, 3.05) is 5.32 Å². The molecule has 1 aromatic carbocycles. The number of hydrogen-bond donors (Lipinski definition) is 1. The summed E-state index contributed by atoms with van der Waals surface area (Å²) in [6.45, 7) is 4.77. The second-order valence-corrected chi connectivity index (χ2v) is 6.74. The third kappa shape index (κ3) is 3.06. The SMILES string of the molecule is CC1(C)CCCC(Nc2cccc(-n3cccc3)c2)C1. The maximum absolute atomic E-state index is 3.73. The Balaban J connectivity index is 1.73. The van der Waals surface area contributed by atoms with Crippen molar-refractivity contribution in [3.8, 4) is 5.69 Å². The molecule has 1 atom stereocenters. The number of anilines is 1. The maximum Gasteiger partial charge on any atom is 0.0469 e. The smallest absolute Gasteiger partial charge is 0.0469 e. The predicted molar refractivity (Wildman–Crippen MR) is 85.4 cm³/mol. The van der Waals surface area contributed by atoms with Crippen molar-refractivity contribution in [1.82, 2.24) is 4.57 Å². The van der Waals surface area contributed by atoms with Crippen molar-refractivity contribution < 1.29 is 0 Å². The van der Waals surface area contributed by atoms with E-state index < -0.39 is 0 Å². The van der Waals surface area contributed by atoms with Crippen LogP contribution in [0, 0.1) is 5.41 Å². The average Bonchev–Trinajstić information content (AvgIpc) is 2.91. The van der Waals surface area contributed by atoms with Crippen LogP contribution in [0.2, 0.25) is 0 Å². The lowest BCUT2D eigenvalue weighted by Crippen LogP contribution is -2.31. The molecule has 2 aromatic rings. The van der Waals surface area contributed by atoms with Crippen LogP contribution in [-0.4, -0.2) is 10.6 Å². The molecule has 1 fully saturated rings. The summed E-state index contributed by atoms with van der Waals surface area (Å²) in [7, 11) is 0. The monoisotopic (exact) mass is 268 g/mol. The van der Waals surface area contributed by atoms with Crippen LogP contribution in [0.5, 0.6) is 0 Å². The molecule has 1 N–H and O–H groups in total. The van der Waals surface area contributed by atoms with Gasteiger partial charge in [-0.05, 0) is 55.0 Å². The summed E-state index contributed by atoms with van der Waals surface area (Å²) in [5, 5.41) is 3.73. The number of aromatic nitrogens is 1.